The first kappa shape index (κ1) is 31.5. The first-order valence-corrected chi connectivity index (χ1v) is 13.8. The third-order valence-corrected chi connectivity index (χ3v) is 6.91. The van der Waals surface area contributed by atoms with E-state index in [-0.39, 0.29) is 6.04 Å². The number of imidazole rings is 1. The molecule has 2 heterocycles. The summed E-state index contributed by atoms with van der Waals surface area (Å²) in [5.41, 5.74) is 1.74. The topological polar surface area (TPSA) is 126 Å². The van der Waals surface area contributed by atoms with Crippen molar-refractivity contribution in [3.63, 3.8) is 0 Å². The van der Waals surface area contributed by atoms with E-state index in [1.165, 1.54) is 12.7 Å². The van der Waals surface area contributed by atoms with Crippen LogP contribution in [0.5, 0.6) is 5.88 Å². The molecule has 13 heteroatoms. The van der Waals surface area contributed by atoms with Gasteiger partial charge in [-0.05, 0) is 58.9 Å². The summed E-state index contributed by atoms with van der Waals surface area (Å²) in [6.07, 6.45) is 3.07. The van der Waals surface area contributed by atoms with E-state index in [0.29, 0.717) is 41.1 Å². The van der Waals surface area contributed by atoms with Crippen LogP contribution in [0, 0.1) is 11.3 Å². The molecule has 43 heavy (non-hydrogen) atoms. The highest BCUT2D eigenvalue weighted by atomic mass is 19.4. The Morgan fingerprint density at radius 2 is 1.95 bits per heavy atom. The summed E-state index contributed by atoms with van der Waals surface area (Å²) in [5.74, 6) is 1.53. The van der Waals surface area contributed by atoms with E-state index in [1.807, 2.05) is 33.0 Å². The summed E-state index contributed by atoms with van der Waals surface area (Å²) in [4.78, 5) is 24.7. The lowest BCUT2D eigenvalue weighted by Crippen LogP contribution is -2.13. The maximum absolute atomic E-state index is 12.8. The van der Waals surface area contributed by atoms with Crippen molar-refractivity contribution in [1.82, 2.24) is 24.8 Å². The van der Waals surface area contributed by atoms with Gasteiger partial charge in [0.25, 0.3) is 0 Å². The fourth-order valence-corrected chi connectivity index (χ4v) is 4.34. The second kappa shape index (κ2) is 13.2. The van der Waals surface area contributed by atoms with Gasteiger partial charge >= 0.3 is 6.18 Å². The molecule has 0 atom stereocenters. The molecule has 0 unspecified atom stereocenters. The number of alkyl halides is 3. The van der Waals surface area contributed by atoms with Gasteiger partial charge in [-0.25, -0.2) is 24.9 Å². The second-order valence-corrected chi connectivity index (χ2v) is 10.6. The van der Waals surface area contributed by atoms with Crippen molar-refractivity contribution in [2.24, 2.45) is 15.0 Å². The quantitative estimate of drug-likeness (QED) is 0.248. The van der Waals surface area contributed by atoms with Crippen LogP contribution in [0.3, 0.4) is 0 Å². The Balaban J connectivity index is 0.000000197. The van der Waals surface area contributed by atoms with Crippen LogP contribution in [0.2, 0.25) is 0 Å². The Morgan fingerprint density at radius 3 is 2.47 bits per heavy atom. The highest BCUT2D eigenvalue weighted by molar-refractivity contribution is 6.06. The number of rotatable bonds is 9. The molecule has 3 aromatic rings. The maximum Gasteiger partial charge on any atom is 0.434 e. The van der Waals surface area contributed by atoms with Gasteiger partial charge in [-0.2, -0.15) is 18.4 Å². The first-order valence-electron chi connectivity index (χ1n) is 13.8. The van der Waals surface area contributed by atoms with E-state index < -0.39 is 17.4 Å². The van der Waals surface area contributed by atoms with Crippen molar-refractivity contribution in [2.75, 3.05) is 14.2 Å². The third-order valence-electron chi connectivity index (χ3n) is 6.91. The average molecular weight is 594 g/mol. The molecular formula is C30H34F3N9O. The van der Waals surface area contributed by atoms with Crippen LogP contribution < -0.4 is 10.1 Å². The van der Waals surface area contributed by atoms with Crippen molar-refractivity contribution in [2.45, 2.75) is 69.8 Å². The smallest absolute Gasteiger partial charge is 0.434 e. The molecule has 226 valence electrons. The number of nitriles is 1. The lowest BCUT2D eigenvalue weighted by Gasteiger charge is -2.12. The number of aromatic nitrogens is 4. The number of nitrogens with zero attached hydrogens (tertiary/aromatic N) is 8. The molecule has 2 saturated carbocycles. The molecule has 2 fully saturated rings. The summed E-state index contributed by atoms with van der Waals surface area (Å²) < 4.78 is 45.4. The molecule has 10 nitrogen and oxygen atoms in total. The minimum Gasteiger partial charge on any atom is -0.480 e. The van der Waals surface area contributed by atoms with E-state index in [9.17, 15) is 18.4 Å². The molecule has 0 aliphatic heterocycles. The van der Waals surface area contributed by atoms with Crippen LogP contribution in [-0.4, -0.2) is 58.1 Å². The van der Waals surface area contributed by atoms with Crippen LogP contribution in [0.1, 0.15) is 74.0 Å². The summed E-state index contributed by atoms with van der Waals surface area (Å²) in [6, 6.07) is 9.52. The zero-order valence-corrected chi connectivity index (χ0v) is 24.6. The van der Waals surface area contributed by atoms with Crippen molar-refractivity contribution >= 4 is 18.9 Å². The van der Waals surface area contributed by atoms with Gasteiger partial charge in [-0.1, -0.05) is 24.3 Å². The fourth-order valence-electron chi connectivity index (χ4n) is 4.34. The van der Waals surface area contributed by atoms with E-state index in [4.69, 9.17) is 4.74 Å². The molecule has 1 N–H and O–H groups in total. The van der Waals surface area contributed by atoms with Gasteiger partial charge < -0.3 is 14.6 Å². The molecule has 1 aromatic carbocycles. The predicted octanol–water partition coefficient (Wildman–Crippen LogP) is 5.76. The SMILES string of the molecule is C=NC=NC(=NC1(C#N)CC1)c1c(OC)ncnc1C1CC1.CNCc1ccc(-c2nc(C(F)(F)F)cn2C(C)C)cc1. The Morgan fingerprint density at radius 1 is 1.26 bits per heavy atom. The van der Waals surface area contributed by atoms with Gasteiger partial charge in [0, 0.05) is 30.3 Å². The Hall–Kier alpha value is -4.44. The number of amidine groups is 1. The molecule has 0 amide bonds. The summed E-state index contributed by atoms with van der Waals surface area (Å²) in [6.45, 7) is 7.77. The van der Waals surface area contributed by atoms with Crippen LogP contribution in [0.25, 0.3) is 11.4 Å². The lowest BCUT2D eigenvalue weighted by atomic mass is 10.1. The third kappa shape index (κ3) is 7.70. The van der Waals surface area contributed by atoms with Gasteiger partial charge in [-0.15, -0.1) is 0 Å². The Labute approximate surface area is 248 Å². The lowest BCUT2D eigenvalue weighted by molar-refractivity contribution is -0.140. The number of hydrogen-bond acceptors (Lipinski definition) is 7. The fraction of sp³-hybridized carbons (Fsp3) is 0.433. The first-order chi connectivity index (χ1) is 20.6. The standard InChI is InChI=1S/C15H18F3N3.C15H16N6O/c1-10(2)21-9-13(15(16,17)18)20-14(21)12-6-4-11(5-7-12)8-19-3;1-17-8-19-13(21-15(7-16)5-6-15)11-12(10-3-4-10)18-9-20-14(11)22-2/h4-7,9-10,19H,8H2,1-3H3;8-10H,1,3-6H2,2H3. The van der Waals surface area contributed by atoms with Gasteiger partial charge in [0.05, 0.1) is 18.9 Å². The summed E-state index contributed by atoms with van der Waals surface area (Å²) in [5, 5.41) is 12.3. The van der Waals surface area contributed by atoms with E-state index in [0.717, 1.165) is 43.1 Å². The zero-order chi connectivity index (χ0) is 31.2. The molecule has 2 aliphatic rings. The highest BCUT2D eigenvalue weighted by Crippen LogP contribution is 2.44. The number of benzene rings is 1. The summed E-state index contributed by atoms with van der Waals surface area (Å²) >= 11 is 0. The zero-order valence-electron chi connectivity index (χ0n) is 24.6. The Kier molecular flexibility index (Phi) is 9.70. The van der Waals surface area contributed by atoms with Crippen molar-refractivity contribution < 1.29 is 17.9 Å². The van der Waals surface area contributed by atoms with E-state index in [1.54, 1.807) is 23.8 Å². The molecule has 2 aromatic heterocycles. The van der Waals surface area contributed by atoms with E-state index in [2.05, 4.69) is 48.0 Å². The van der Waals surface area contributed by atoms with Crippen LogP contribution in [-0.2, 0) is 12.7 Å². The Bertz CT molecular complexity index is 1530. The van der Waals surface area contributed by atoms with Gasteiger partial charge in [-0.3, -0.25) is 4.99 Å². The normalized spacial score (nSPS) is 16.0. The number of nitrogens with one attached hydrogen (secondary N) is 1. The number of halogens is 3. The number of hydrogen-bond donors (Lipinski definition) is 1. The van der Waals surface area contributed by atoms with Crippen LogP contribution in [0.15, 0.2) is 51.8 Å². The number of ether oxygens (including phenoxy) is 1. The molecule has 2 aliphatic carbocycles. The average Bonchev–Trinajstić information content (AvgIpc) is 3.93. The van der Waals surface area contributed by atoms with Crippen molar-refractivity contribution in [3.8, 4) is 23.3 Å². The van der Waals surface area contributed by atoms with E-state index >= 15 is 0 Å². The number of methoxy groups -OCH3 is 1. The molecular weight excluding hydrogens is 559 g/mol. The van der Waals surface area contributed by atoms with Crippen molar-refractivity contribution in [1.29, 1.82) is 5.26 Å². The second-order valence-electron chi connectivity index (χ2n) is 10.6. The van der Waals surface area contributed by atoms with Crippen LogP contribution in [0.4, 0.5) is 13.2 Å². The van der Waals surface area contributed by atoms with Crippen molar-refractivity contribution in [3.05, 3.63) is 59.3 Å². The summed E-state index contributed by atoms with van der Waals surface area (Å²) in [7, 11) is 3.39. The maximum atomic E-state index is 12.8. The molecule has 0 radical (unpaired) electrons. The van der Waals surface area contributed by atoms with Gasteiger partial charge in [0.2, 0.25) is 5.88 Å². The monoisotopic (exact) mass is 593 g/mol. The minimum absolute atomic E-state index is 0.0967. The van der Waals surface area contributed by atoms with Crippen LogP contribution >= 0.6 is 0 Å². The van der Waals surface area contributed by atoms with Gasteiger partial charge in [0.1, 0.15) is 29.6 Å². The van der Waals surface area contributed by atoms with Gasteiger partial charge in [0.15, 0.2) is 11.5 Å². The predicted molar refractivity (Wildman–Crippen MR) is 159 cm³/mol. The molecule has 0 spiro atoms. The molecule has 0 bridgehead atoms. The molecule has 5 rings (SSSR count). The highest BCUT2D eigenvalue weighted by Gasteiger charge is 2.44. The largest absolute Gasteiger partial charge is 0.480 e. The number of aliphatic imine (C=N–C) groups is 3. The molecule has 0 saturated heterocycles. The minimum atomic E-state index is -4.43.